The second kappa shape index (κ2) is 3.31. The van der Waals surface area contributed by atoms with Crippen LogP contribution in [0.4, 0.5) is 17.5 Å². The highest BCUT2D eigenvalue weighted by molar-refractivity contribution is 5.65. The first-order valence-electron chi connectivity index (χ1n) is 3.54. The first-order valence-corrected chi connectivity index (χ1v) is 3.54. The number of aliphatic hydroxyl groups excluding tert-OH is 1. The maximum Gasteiger partial charge on any atom is 0.246 e. The van der Waals surface area contributed by atoms with Crippen LogP contribution in [0.15, 0.2) is 0 Å². The van der Waals surface area contributed by atoms with Crippen molar-refractivity contribution in [2.24, 2.45) is 0 Å². The fourth-order valence-electron chi connectivity index (χ4n) is 0.734. The highest BCUT2D eigenvalue weighted by Gasteiger charge is 2.10. The molecule has 0 radical (unpaired) electrons. The average molecular weight is 185 g/mol. The third-order valence-corrected chi connectivity index (χ3v) is 1.24. The van der Waals surface area contributed by atoms with Crippen LogP contribution in [0.2, 0.25) is 0 Å². The van der Waals surface area contributed by atoms with Crippen molar-refractivity contribution in [3.63, 3.8) is 0 Å². The van der Waals surface area contributed by atoms with Gasteiger partial charge in [0.25, 0.3) is 0 Å². The van der Waals surface area contributed by atoms with E-state index in [-0.39, 0.29) is 23.3 Å². The van der Waals surface area contributed by atoms with Crippen LogP contribution in [0.1, 0.15) is 6.92 Å². The van der Waals surface area contributed by atoms with Gasteiger partial charge < -0.3 is 27.0 Å². The fourth-order valence-corrected chi connectivity index (χ4v) is 0.734. The van der Waals surface area contributed by atoms with E-state index in [1.807, 2.05) is 0 Å². The Morgan fingerprint density at radius 1 is 1.31 bits per heavy atom. The molecule has 7 N–H and O–H groups in total. The van der Waals surface area contributed by atoms with E-state index in [4.69, 9.17) is 27.0 Å². The highest BCUT2D eigenvalue weighted by Crippen LogP contribution is 2.24. The fraction of sp³-hybridized carbons (Fsp3) is 0.333. The number of rotatable bonds is 2. The van der Waals surface area contributed by atoms with E-state index in [1.165, 1.54) is 6.92 Å². The van der Waals surface area contributed by atoms with Gasteiger partial charge in [-0.25, -0.2) is 0 Å². The van der Waals surface area contributed by atoms with E-state index in [2.05, 4.69) is 9.97 Å². The molecular formula is C6H11N5O2. The van der Waals surface area contributed by atoms with Crippen LogP contribution in [-0.4, -0.2) is 21.4 Å². The number of ether oxygens (including phenoxy) is 1. The molecule has 1 heterocycles. The normalized spacial score (nSPS) is 12.5. The number of anilines is 3. The third kappa shape index (κ3) is 2.09. The van der Waals surface area contributed by atoms with Crippen LogP contribution in [0, 0.1) is 0 Å². The molecule has 72 valence electrons. The standard InChI is InChI=1S/C6H11N5O2/c1-2(12)13-5-3(7)4(8)10-6(9)11-5/h2,12H,7H2,1H3,(H4,8,9,10,11). The molecule has 1 aromatic heterocycles. The Balaban J connectivity index is 3.05. The summed E-state index contributed by atoms with van der Waals surface area (Å²) in [6, 6.07) is 0. The minimum atomic E-state index is -1.03. The molecule has 0 saturated heterocycles. The number of aromatic nitrogens is 2. The number of aliphatic hydroxyl groups is 1. The Morgan fingerprint density at radius 2 is 1.92 bits per heavy atom. The van der Waals surface area contributed by atoms with Crippen LogP contribution in [0.25, 0.3) is 0 Å². The molecule has 0 aromatic carbocycles. The second-order valence-electron chi connectivity index (χ2n) is 2.40. The molecular weight excluding hydrogens is 174 g/mol. The first-order chi connectivity index (χ1) is 6.00. The van der Waals surface area contributed by atoms with Crippen molar-refractivity contribution in [2.75, 3.05) is 17.2 Å². The van der Waals surface area contributed by atoms with Gasteiger partial charge in [-0.1, -0.05) is 0 Å². The summed E-state index contributed by atoms with van der Waals surface area (Å²) in [4.78, 5) is 7.25. The number of nitrogens with two attached hydrogens (primary N) is 3. The van der Waals surface area contributed by atoms with Crippen molar-refractivity contribution in [2.45, 2.75) is 13.2 Å². The van der Waals surface area contributed by atoms with E-state index in [1.54, 1.807) is 0 Å². The van der Waals surface area contributed by atoms with Crippen molar-refractivity contribution in [1.29, 1.82) is 0 Å². The van der Waals surface area contributed by atoms with Crippen molar-refractivity contribution in [1.82, 2.24) is 9.97 Å². The van der Waals surface area contributed by atoms with Crippen LogP contribution in [0.5, 0.6) is 5.88 Å². The van der Waals surface area contributed by atoms with Crippen molar-refractivity contribution in [3.8, 4) is 5.88 Å². The van der Waals surface area contributed by atoms with Crippen molar-refractivity contribution < 1.29 is 9.84 Å². The summed E-state index contributed by atoms with van der Waals surface area (Å²) in [6.45, 7) is 1.41. The maximum absolute atomic E-state index is 8.89. The summed E-state index contributed by atoms with van der Waals surface area (Å²) in [7, 11) is 0. The maximum atomic E-state index is 8.89. The van der Waals surface area contributed by atoms with Gasteiger partial charge >= 0.3 is 0 Å². The molecule has 7 nitrogen and oxygen atoms in total. The zero-order valence-corrected chi connectivity index (χ0v) is 7.06. The number of nitrogens with zero attached hydrogens (tertiary/aromatic N) is 2. The van der Waals surface area contributed by atoms with Gasteiger partial charge in [0, 0.05) is 0 Å². The van der Waals surface area contributed by atoms with E-state index in [9.17, 15) is 0 Å². The summed E-state index contributed by atoms with van der Waals surface area (Å²) in [5.41, 5.74) is 16.2. The molecule has 7 heteroatoms. The molecule has 1 rings (SSSR count). The van der Waals surface area contributed by atoms with Gasteiger partial charge in [0.1, 0.15) is 5.69 Å². The van der Waals surface area contributed by atoms with Gasteiger partial charge in [-0.15, -0.1) is 0 Å². The molecule has 0 aliphatic carbocycles. The lowest BCUT2D eigenvalue weighted by molar-refractivity contribution is -0.00297. The topological polar surface area (TPSA) is 133 Å². The molecule has 0 saturated carbocycles. The molecule has 0 amide bonds. The number of nitrogen functional groups attached to an aromatic ring is 3. The summed E-state index contributed by atoms with van der Waals surface area (Å²) < 4.78 is 4.83. The predicted octanol–water partition coefficient (Wildman–Crippen LogP) is -1.06. The molecule has 0 fully saturated rings. The van der Waals surface area contributed by atoms with E-state index in [0.29, 0.717) is 0 Å². The predicted molar refractivity (Wildman–Crippen MR) is 47.6 cm³/mol. The molecule has 1 aromatic rings. The SMILES string of the molecule is CC(O)Oc1nc(N)nc(N)c1N. The van der Waals surface area contributed by atoms with Crippen molar-refractivity contribution in [3.05, 3.63) is 0 Å². The molecule has 0 aliphatic rings. The first kappa shape index (κ1) is 9.33. The van der Waals surface area contributed by atoms with Gasteiger partial charge in [0.2, 0.25) is 11.8 Å². The molecule has 0 bridgehead atoms. The summed E-state index contributed by atoms with van der Waals surface area (Å²) in [5.74, 6) is -0.0366. The second-order valence-corrected chi connectivity index (χ2v) is 2.40. The lowest BCUT2D eigenvalue weighted by Gasteiger charge is -2.10. The monoisotopic (exact) mass is 185 g/mol. The Morgan fingerprint density at radius 3 is 2.46 bits per heavy atom. The zero-order chi connectivity index (χ0) is 10.0. The van der Waals surface area contributed by atoms with E-state index >= 15 is 0 Å². The van der Waals surface area contributed by atoms with Gasteiger partial charge in [0.05, 0.1) is 0 Å². The lowest BCUT2D eigenvalue weighted by Crippen LogP contribution is -2.14. The number of hydrogen-bond acceptors (Lipinski definition) is 7. The van der Waals surface area contributed by atoms with Crippen LogP contribution in [0.3, 0.4) is 0 Å². The summed E-state index contributed by atoms with van der Waals surface area (Å²) in [6.07, 6.45) is -1.03. The number of hydrogen-bond donors (Lipinski definition) is 4. The lowest BCUT2D eigenvalue weighted by atomic mass is 10.4. The molecule has 13 heavy (non-hydrogen) atoms. The molecule has 1 atom stereocenters. The molecule has 0 aliphatic heterocycles. The van der Waals surface area contributed by atoms with Gasteiger partial charge in [-0.3, -0.25) is 0 Å². The third-order valence-electron chi connectivity index (χ3n) is 1.24. The Bertz CT molecular complexity index is 314. The zero-order valence-electron chi connectivity index (χ0n) is 7.06. The average Bonchev–Trinajstić information content (AvgIpc) is 1.98. The Hall–Kier alpha value is -1.76. The van der Waals surface area contributed by atoms with Crippen molar-refractivity contribution >= 4 is 17.5 Å². The van der Waals surface area contributed by atoms with Crippen LogP contribution >= 0.6 is 0 Å². The Kier molecular flexibility index (Phi) is 2.38. The van der Waals surface area contributed by atoms with Gasteiger partial charge in [0.15, 0.2) is 12.1 Å². The van der Waals surface area contributed by atoms with E-state index < -0.39 is 6.29 Å². The minimum Gasteiger partial charge on any atom is -0.447 e. The summed E-state index contributed by atoms with van der Waals surface area (Å²) >= 11 is 0. The van der Waals surface area contributed by atoms with Gasteiger partial charge in [-0.2, -0.15) is 9.97 Å². The summed E-state index contributed by atoms with van der Waals surface area (Å²) in [5, 5.41) is 8.89. The van der Waals surface area contributed by atoms with Crippen LogP contribution in [-0.2, 0) is 0 Å². The molecule has 1 unspecified atom stereocenters. The van der Waals surface area contributed by atoms with Gasteiger partial charge in [-0.05, 0) is 6.92 Å². The highest BCUT2D eigenvalue weighted by atomic mass is 16.6. The van der Waals surface area contributed by atoms with Crippen LogP contribution < -0.4 is 21.9 Å². The smallest absolute Gasteiger partial charge is 0.246 e. The Labute approximate surface area is 74.5 Å². The quantitative estimate of drug-likeness (QED) is 0.431. The minimum absolute atomic E-state index is 0.0139. The van der Waals surface area contributed by atoms with E-state index in [0.717, 1.165) is 0 Å². The largest absolute Gasteiger partial charge is 0.447 e. The molecule has 0 spiro atoms.